The summed E-state index contributed by atoms with van der Waals surface area (Å²) in [6, 6.07) is 5.92. The monoisotopic (exact) mass is 452 g/mol. The maximum atomic E-state index is 12.7. The van der Waals surface area contributed by atoms with Crippen molar-refractivity contribution in [2.24, 2.45) is 11.8 Å². The van der Waals surface area contributed by atoms with Crippen LogP contribution in [-0.4, -0.2) is 77.6 Å². The lowest BCUT2D eigenvalue weighted by molar-refractivity contribution is -0.141. The molecular formula is C25H32N4O4. The van der Waals surface area contributed by atoms with Crippen molar-refractivity contribution in [1.29, 1.82) is 0 Å². The van der Waals surface area contributed by atoms with Crippen LogP contribution >= 0.6 is 0 Å². The van der Waals surface area contributed by atoms with Gasteiger partial charge in [-0.05, 0) is 37.8 Å². The molecule has 0 aromatic heterocycles. The maximum Gasteiger partial charge on any atom is 0.238 e. The summed E-state index contributed by atoms with van der Waals surface area (Å²) in [5.41, 5.74) is 2.92. The molecule has 2 fully saturated rings. The number of anilines is 1. The number of fused-ring (bicyclic) bond motifs is 1. The number of piperazine rings is 1. The number of nitrogens with zero attached hydrogens (tertiary/aromatic N) is 3. The number of likely N-dealkylation sites (tertiary alicyclic amines) is 1. The molecule has 4 rings (SSSR count). The van der Waals surface area contributed by atoms with Gasteiger partial charge in [0.25, 0.3) is 0 Å². The molecule has 3 aliphatic rings. The lowest BCUT2D eigenvalue weighted by Crippen LogP contribution is -2.51. The van der Waals surface area contributed by atoms with Crippen LogP contribution in [0.2, 0.25) is 0 Å². The summed E-state index contributed by atoms with van der Waals surface area (Å²) in [5, 5.41) is 3.01. The van der Waals surface area contributed by atoms with Crippen molar-refractivity contribution in [3.8, 4) is 0 Å². The summed E-state index contributed by atoms with van der Waals surface area (Å²) >= 11 is 0. The fourth-order valence-electron chi connectivity index (χ4n) is 5.00. The van der Waals surface area contributed by atoms with E-state index in [1.54, 1.807) is 4.90 Å². The highest BCUT2D eigenvalue weighted by molar-refractivity contribution is 6.05. The Hall–Kier alpha value is -3.00. The molecular weight excluding hydrogens is 420 g/mol. The molecule has 176 valence electrons. The second-order valence-corrected chi connectivity index (χ2v) is 9.21. The number of benzene rings is 1. The van der Waals surface area contributed by atoms with Crippen molar-refractivity contribution in [1.82, 2.24) is 14.7 Å². The molecule has 8 nitrogen and oxygen atoms in total. The average Bonchev–Trinajstić information content (AvgIpc) is 3.05. The third-order valence-corrected chi connectivity index (χ3v) is 6.99. The highest BCUT2D eigenvalue weighted by Crippen LogP contribution is 2.35. The Balaban J connectivity index is 1.21. The van der Waals surface area contributed by atoms with Gasteiger partial charge in [-0.3, -0.25) is 29.0 Å². The van der Waals surface area contributed by atoms with Gasteiger partial charge in [0, 0.05) is 44.8 Å². The van der Waals surface area contributed by atoms with Crippen LogP contribution in [0.5, 0.6) is 0 Å². The Bertz CT molecular complexity index is 934. The maximum absolute atomic E-state index is 12.7. The molecule has 1 aromatic rings. The van der Waals surface area contributed by atoms with Gasteiger partial charge in [-0.25, -0.2) is 0 Å². The Labute approximate surface area is 194 Å². The van der Waals surface area contributed by atoms with Crippen LogP contribution in [0.25, 0.3) is 0 Å². The Morgan fingerprint density at radius 3 is 2.09 bits per heavy atom. The number of carbonyl (C=O) groups excluding carboxylic acids is 4. The average molecular weight is 453 g/mol. The molecule has 0 saturated carbocycles. The number of carbonyl (C=O) groups is 4. The van der Waals surface area contributed by atoms with Crippen LogP contribution in [0, 0.1) is 25.7 Å². The van der Waals surface area contributed by atoms with E-state index in [0.717, 1.165) is 16.8 Å². The number of aryl methyl sites for hydroxylation is 2. The van der Waals surface area contributed by atoms with Crippen LogP contribution < -0.4 is 5.32 Å². The summed E-state index contributed by atoms with van der Waals surface area (Å²) in [7, 11) is 0. The quantitative estimate of drug-likeness (QED) is 0.524. The van der Waals surface area contributed by atoms with Gasteiger partial charge < -0.3 is 10.2 Å². The minimum Gasteiger partial charge on any atom is -0.340 e. The summed E-state index contributed by atoms with van der Waals surface area (Å²) in [4.78, 5) is 55.4. The SMILES string of the molecule is Cc1cccc(C)c1NC(=O)CN1CCN(C(=O)CCN2C(=O)[C@@H]3CC=CC[C@H]3C2=O)CC1. The Morgan fingerprint density at radius 2 is 1.52 bits per heavy atom. The third-order valence-electron chi connectivity index (χ3n) is 6.99. The minimum absolute atomic E-state index is 0.0526. The van der Waals surface area contributed by atoms with Gasteiger partial charge in [0.2, 0.25) is 23.6 Å². The molecule has 1 N–H and O–H groups in total. The van der Waals surface area contributed by atoms with Gasteiger partial charge in [-0.15, -0.1) is 0 Å². The first kappa shape index (κ1) is 23.2. The van der Waals surface area contributed by atoms with E-state index in [0.29, 0.717) is 39.0 Å². The highest BCUT2D eigenvalue weighted by Gasteiger charge is 2.47. The van der Waals surface area contributed by atoms with Gasteiger partial charge in [0.05, 0.1) is 18.4 Å². The summed E-state index contributed by atoms with van der Waals surface area (Å²) in [5.74, 6) is -0.896. The van der Waals surface area contributed by atoms with Gasteiger partial charge in [0.1, 0.15) is 0 Å². The van der Waals surface area contributed by atoms with E-state index < -0.39 is 0 Å². The smallest absolute Gasteiger partial charge is 0.238 e. The number of imide groups is 1. The van der Waals surface area contributed by atoms with E-state index >= 15 is 0 Å². The molecule has 1 aliphatic carbocycles. The van der Waals surface area contributed by atoms with E-state index in [4.69, 9.17) is 0 Å². The van der Waals surface area contributed by atoms with E-state index in [2.05, 4.69) is 5.32 Å². The zero-order valence-electron chi connectivity index (χ0n) is 19.4. The summed E-state index contributed by atoms with van der Waals surface area (Å²) in [6.45, 7) is 6.68. The lowest BCUT2D eigenvalue weighted by atomic mass is 9.85. The molecule has 0 unspecified atom stereocenters. The number of rotatable bonds is 6. The van der Waals surface area contributed by atoms with Gasteiger partial charge in [-0.2, -0.15) is 0 Å². The minimum atomic E-state index is -0.254. The van der Waals surface area contributed by atoms with Crippen molar-refractivity contribution in [3.05, 3.63) is 41.5 Å². The standard InChI is InChI=1S/C25H32N4O4/c1-17-6-5-7-18(2)23(17)26-21(30)16-27-12-14-28(15-13-27)22(31)10-11-29-24(32)19-8-3-4-9-20(19)25(29)33/h3-7,19-20H,8-16H2,1-2H3,(H,26,30)/t19-,20-/m1/s1. The molecule has 2 aliphatic heterocycles. The fourth-order valence-corrected chi connectivity index (χ4v) is 5.00. The predicted molar refractivity (Wildman–Crippen MR) is 124 cm³/mol. The first-order valence-corrected chi connectivity index (χ1v) is 11.7. The number of para-hydroxylation sites is 1. The third kappa shape index (κ3) is 5.00. The topological polar surface area (TPSA) is 90.0 Å². The first-order chi connectivity index (χ1) is 15.8. The predicted octanol–water partition coefficient (Wildman–Crippen LogP) is 1.73. The van der Waals surface area contributed by atoms with Crippen molar-refractivity contribution in [3.63, 3.8) is 0 Å². The lowest BCUT2D eigenvalue weighted by Gasteiger charge is -2.34. The first-order valence-electron chi connectivity index (χ1n) is 11.7. The molecule has 2 heterocycles. The second kappa shape index (κ2) is 9.87. The van der Waals surface area contributed by atoms with E-state index in [1.807, 2.05) is 49.1 Å². The molecule has 0 bridgehead atoms. The van der Waals surface area contributed by atoms with Crippen LogP contribution in [-0.2, 0) is 19.2 Å². The molecule has 2 saturated heterocycles. The van der Waals surface area contributed by atoms with Crippen LogP contribution in [0.1, 0.15) is 30.4 Å². The van der Waals surface area contributed by atoms with E-state index in [-0.39, 0.29) is 55.0 Å². The molecule has 4 amide bonds. The summed E-state index contributed by atoms with van der Waals surface area (Å²) in [6.07, 6.45) is 5.29. The normalized spacial score (nSPS) is 23.1. The van der Waals surface area contributed by atoms with Gasteiger partial charge >= 0.3 is 0 Å². The number of amides is 4. The molecule has 0 spiro atoms. The van der Waals surface area contributed by atoms with Crippen molar-refractivity contribution >= 4 is 29.3 Å². The second-order valence-electron chi connectivity index (χ2n) is 9.21. The van der Waals surface area contributed by atoms with Crippen molar-refractivity contribution in [2.75, 3.05) is 44.6 Å². The molecule has 2 atom stereocenters. The Morgan fingerprint density at radius 1 is 0.939 bits per heavy atom. The molecule has 33 heavy (non-hydrogen) atoms. The van der Waals surface area contributed by atoms with Gasteiger partial charge in [-0.1, -0.05) is 30.4 Å². The van der Waals surface area contributed by atoms with Crippen LogP contribution in [0.4, 0.5) is 5.69 Å². The van der Waals surface area contributed by atoms with Gasteiger partial charge in [0.15, 0.2) is 0 Å². The van der Waals surface area contributed by atoms with Crippen molar-refractivity contribution in [2.45, 2.75) is 33.1 Å². The summed E-state index contributed by atoms with van der Waals surface area (Å²) < 4.78 is 0. The zero-order chi connectivity index (χ0) is 23.5. The molecule has 8 heteroatoms. The molecule has 0 radical (unpaired) electrons. The largest absolute Gasteiger partial charge is 0.340 e. The number of allylic oxidation sites excluding steroid dienone is 2. The zero-order valence-corrected chi connectivity index (χ0v) is 19.4. The van der Waals surface area contributed by atoms with Crippen LogP contribution in [0.15, 0.2) is 30.4 Å². The Kier molecular flexibility index (Phi) is 6.93. The number of nitrogens with one attached hydrogen (secondary N) is 1. The van der Waals surface area contributed by atoms with Crippen molar-refractivity contribution < 1.29 is 19.2 Å². The fraction of sp³-hybridized carbons (Fsp3) is 0.520. The number of hydrogen-bond acceptors (Lipinski definition) is 5. The highest BCUT2D eigenvalue weighted by atomic mass is 16.2. The van der Waals surface area contributed by atoms with Crippen LogP contribution in [0.3, 0.4) is 0 Å². The molecule has 1 aromatic carbocycles. The number of hydrogen-bond donors (Lipinski definition) is 1. The van der Waals surface area contributed by atoms with E-state index in [9.17, 15) is 19.2 Å². The van der Waals surface area contributed by atoms with E-state index in [1.165, 1.54) is 4.90 Å².